The van der Waals surface area contributed by atoms with Crippen LogP contribution in [0, 0.1) is 11.6 Å². The zero-order valence-electron chi connectivity index (χ0n) is 14.9. The fourth-order valence-electron chi connectivity index (χ4n) is 2.41. The molecule has 28 heavy (non-hydrogen) atoms. The first-order valence-corrected chi connectivity index (χ1v) is 9.33. The van der Waals surface area contributed by atoms with E-state index in [0.717, 1.165) is 17.0 Å². The normalized spacial score (nSPS) is 11.8. The quantitative estimate of drug-likeness (QED) is 0.656. The second-order valence-corrected chi connectivity index (χ2v) is 6.83. The Morgan fingerprint density at radius 2 is 2.11 bits per heavy atom. The van der Waals surface area contributed by atoms with Crippen LogP contribution in [0.5, 0.6) is 5.75 Å². The maximum Gasteiger partial charge on any atom is 0.266 e. The number of hydrogen-bond acceptors (Lipinski definition) is 5. The van der Waals surface area contributed by atoms with Gasteiger partial charge in [0.1, 0.15) is 11.5 Å². The molecule has 0 aliphatic rings. The molecule has 0 saturated carbocycles. The molecule has 146 valence electrons. The molecule has 0 radical (unpaired) electrons. The number of carbonyl (C=O) groups is 1. The van der Waals surface area contributed by atoms with Crippen LogP contribution in [0.25, 0.3) is 10.6 Å². The fraction of sp³-hybridized carbons (Fsp3) is 0.211. The number of nitrogens with one attached hydrogen (secondary N) is 1. The molecule has 3 rings (SSSR count). The topological polar surface area (TPSA) is 73.2 Å². The van der Waals surface area contributed by atoms with Crippen molar-refractivity contribution in [2.24, 2.45) is 0 Å². The van der Waals surface area contributed by atoms with Crippen molar-refractivity contribution >= 4 is 17.2 Å². The molecule has 0 fully saturated rings. The Hall–Kier alpha value is -3.07. The van der Waals surface area contributed by atoms with E-state index in [1.807, 2.05) is 17.5 Å². The molecule has 0 saturated heterocycles. The van der Waals surface area contributed by atoms with E-state index in [2.05, 4.69) is 10.4 Å². The lowest BCUT2D eigenvalue weighted by molar-refractivity contribution is -0.127. The molecule has 2 heterocycles. The minimum Gasteiger partial charge on any atom is -0.478 e. The molecule has 9 heteroatoms. The first-order chi connectivity index (χ1) is 13.4. The minimum absolute atomic E-state index is 0.138. The number of ether oxygens (including phenoxy) is 1. The molecule has 0 bridgehead atoms. The van der Waals surface area contributed by atoms with Crippen molar-refractivity contribution in [1.82, 2.24) is 15.1 Å². The number of hydrogen-bond donors (Lipinski definition) is 1. The largest absolute Gasteiger partial charge is 0.478 e. The van der Waals surface area contributed by atoms with Gasteiger partial charge in [0.15, 0.2) is 17.7 Å². The molecule has 1 N–H and O–H groups in total. The van der Waals surface area contributed by atoms with Crippen LogP contribution in [0.3, 0.4) is 0 Å². The molecule has 1 unspecified atom stereocenters. The molecule has 1 aromatic carbocycles. The van der Waals surface area contributed by atoms with Gasteiger partial charge in [-0.3, -0.25) is 9.59 Å². The number of thiophene rings is 1. The molecular formula is C19H17F2N3O3S. The van der Waals surface area contributed by atoms with E-state index in [-0.39, 0.29) is 24.4 Å². The van der Waals surface area contributed by atoms with E-state index < -0.39 is 23.6 Å². The predicted molar refractivity (Wildman–Crippen MR) is 101 cm³/mol. The van der Waals surface area contributed by atoms with E-state index in [1.54, 1.807) is 6.07 Å². The van der Waals surface area contributed by atoms with Gasteiger partial charge in [-0.05, 0) is 36.6 Å². The molecule has 6 nitrogen and oxygen atoms in total. The van der Waals surface area contributed by atoms with Crippen molar-refractivity contribution in [2.75, 3.05) is 6.54 Å². The second-order valence-electron chi connectivity index (χ2n) is 5.88. The standard InChI is InChI=1S/C19H17F2N3O3S/c1-12(27-16-6-4-13(20)11-14(16)21)19(26)22-8-9-24-18(25)7-5-15(23-24)17-3-2-10-28-17/h2-7,10-12H,8-9H2,1H3,(H,22,26). The van der Waals surface area contributed by atoms with Crippen molar-refractivity contribution < 1.29 is 18.3 Å². The maximum absolute atomic E-state index is 13.6. The Morgan fingerprint density at radius 3 is 2.82 bits per heavy atom. The average Bonchev–Trinajstić information content (AvgIpc) is 3.20. The van der Waals surface area contributed by atoms with E-state index >= 15 is 0 Å². The number of rotatable bonds is 7. The number of benzene rings is 1. The summed E-state index contributed by atoms with van der Waals surface area (Å²) < 4.78 is 33.0. The van der Waals surface area contributed by atoms with Gasteiger partial charge < -0.3 is 10.1 Å². The minimum atomic E-state index is -0.998. The van der Waals surface area contributed by atoms with Crippen LogP contribution in [-0.2, 0) is 11.3 Å². The third-order valence-electron chi connectivity index (χ3n) is 3.83. The highest BCUT2D eigenvalue weighted by molar-refractivity contribution is 7.13. The van der Waals surface area contributed by atoms with Crippen molar-refractivity contribution in [1.29, 1.82) is 0 Å². The zero-order chi connectivity index (χ0) is 20.1. The molecule has 1 atom stereocenters. The maximum atomic E-state index is 13.6. The first-order valence-electron chi connectivity index (χ1n) is 8.45. The second kappa shape index (κ2) is 8.75. The Bertz CT molecular complexity index is 1020. The van der Waals surface area contributed by atoms with Crippen molar-refractivity contribution in [3.63, 3.8) is 0 Å². The smallest absolute Gasteiger partial charge is 0.266 e. The highest BCUT2D eigenvalue weighted by Gasteiger charge is 2.16. The van der Waals surface area contributed by atoms with Crippen LogP contribution < -0.4 is 15.6 Å². The summed E-state index contributed by atoms with van der Waals surface area (Å²) in [5.41, 5.74) is 0.386. The summed E-state index contributed by atoms with van der Waals surface area (Å²) in [7, 11) is 0. The Balaban J connectivity index is 1.56. The van der Waals surface area contributed by atoms with E-state index in [0.29, 0.717) is 11.8 Å². The Labute approximate surface area is 163 Å². The Morgan fingerprint density at radius 1 is 1.29 bits per heavy atom. The number of halogens is 2. The molecule has 1 amide bonds. The van der Waals surface area contributed by atoms with Crippen molar-refractivity contribution in [2.45, 2.75) is 19.6 Å². The zero-order valence-corrected chi connectivity index (χ0v) is 15.7. The number of nitrogens with zero attached hydrogens (tertiary/aromatic N) is 2. The third kappa shape index (κ3) is 4.80. The SMILES string of the molecule is CC(Oc1ccc(F)cc1F)C(=O)NCCn1nc(-c2cccs2)ccc1=O. The molecule has 0 aliphatic carbocycles. The van der Waals surface area contributed by atoms with Gasteiger partial charge in [0.2, 0.25) is 0 Å². The lowest BCUT2D eigenvalue weighted by Gasteiger charge is -2.15. The van der Waals surface area contributed by atoms with Crippen LogP contribution in [0.4, 0.5) is 8.78 Å². The van der Waals surface area contributed by atoms with E-state index in [1.165, 1.54) is 29.0 Å². The molecule has 2 aromatic heterocycles. The number of aromatic nitrogens is 2. The number of carbonyl (C=O) groups excluding carboxylic acids is 1. The van der Waals surface area contributed by atoms with Crippen molar-refractivity contribution in [3.8, 4) is 16.3 Å². The summed E-state index contributed by atoms with van der Waals surface area (Å²) in [4.78, 5) is 25.0. The average molecular weight is 405 g/mol. The van der Waals surface area contributed by atoms with Crippen molar-refractivity contribution in [3.05, 3.63) is 69.8 Å². The van der Waals surface area contributed by atoms with Gasteiger partial charge in [-0.2, -0.15) is 5.10 Å². The predicted octanol–water partition coefficient (Wildman–Crippen LogP) is 2.83. The van der Waals surface area contributed by atoms with Gasteiger partial charge in [-0.1, -0.05) is 6.07 Å². The van der Waals surface area contributed by atoms with E-state index in [4.69, 9.17) is 4.74 Å². The summed E-state index contributed by atoms with van der Waals surface area (Å²) in [5, 5.41) is 8.81. The van der Waals surface area contributed by atoms with Crippen LogP contribution in [0.1, 0.15) is 6.92 Å². The van der Waals surface area contributed by atoms with Crippen LogP contribution >= 0.6 is 11.3 Å². The van der Waals surface area contributed by atoms with Gasteiger partial charge in [-0.25, -0.2) is 13.5 Å². The Kier molecular flexibility index (Phi) is 6.15. The highest BCUT2D eigenvalue weighted by Crippen LogP contribution is 2.21. The molecule has 0 aliphatic heterocycles. The summed E-state index contributed by atoms with van der Waals surface area (Å²) >= 11 is 1.51. The van der Waals surface area contributed by atoms with Crippen LogP contribution in [0.2, 0.25) is 0 Å². The summed E-state index contributed by atoms with van der Waals surface area (Å²) in [6, 6.07) is 9.71. The summed E-state index contributed by atoms with van der Waals surface area (Å²) in [6.45, 7) is 1.75. The summed E-state index contributed by atoms with van der Waals surface area (Å²) in [6.07, 6.45) is -0.998. The van der Waals surface area contributed by atoms with Gasteiger partial charge in [0.25, 0.3) is 11.5 Å². The fourth-order valence-corrected chi connectivity index (χ4v) is 3.10. The lowest BCUT2D eigenvalue weighted by atomic mass is 10.3. The van der Waals surface area contributed by atoms with Gasteiger partial charge >= 0.3 is 0 Å². The summed E-state index contributed by atoms with van der Waals surface area (Å²) in [5.74, 6) is -2.33. The first kappa shape index (κ1) is 19.7. The number of amides is 1. The van der Waals surface area contributed by atoms with E-state index in [9.17, 15) is 18.4 Å². The molecular weight excluding hydrogens is 388 g/mol. The lowest BCUT2D eigenvalue weighted by Crippen LogP contribution is -2.39. The molecule has 3 aromatic rings. The van der Waals surface area contributed by atoms with Crippen LogP contribution in [-0.4, -0.2) is 28.3 Å². The highest BCUT2D eigenvalue weighted by atomic mass is 32.1. The van der Waals surface area contributed by atoms with Gasteiger partial charge in [0.05, 0.1) is 11.4 Å². The monoisotopic (exact) mass is 405 g/mol. The van der Waals surface area contributed by atoms with Gasteiger partial charge in [0, 0.05) is 18.7 Å². The molecule has 0 spiro atoms. The van der Waals surface area contributed by atoms with Gasteiger partial charge in [-0.15, -0.1) is 11.3 Å². The third-order valence-corrected chi connectivity index (χ3v) is 4.72. The van der Waals surface area contributed by atoms with Crippen LogP contribution in [0.15, 0.2) is 52.6 Å².